The minimum atomic E-state index is -1.22. The molecule has 0 radical (unpaired) electrons. The van der Waals surface area contributed by atoms with E-state index in [9.17, 15) is 23.8 Å². The summed E-state index contributed by atoms with van der Waals surface area (Å²) in [7, 11) is 1.64. The maximum Gasteiger partial charge on any atom is 0.236 e. The van der Waals surface area contributed by atoms with E-state index in [4.69, 9.17) is 0 Å². The van der Waals surface area contributed by atoms with Gasteiger partial charge in [0.2, 0.25) is 5.91 Å². The first-order valence-electron chi connectivity index (χ1n) is 7.64. The van der Waals surface area contributed by atoms with Crippen LogP contribution in [0.15, 0.2) is 18.2 Å². The fourth-order valence-corrected chi connectivity index (χ4v) is 2.67. The minimum Gasteiger partial charge on any atom is -0.393 e. The van der Waals surface area contributed by atoms with Gasteiger partial charge in [-0.2, -0.15) is 0 Å². The van der Waals surface area contributed by atoms with Crippen molar-refractivity contribution in [1.82, 2.24) is 9.80 Å². The summed E-state index contributed by atoms with van der Waals surface area (Å²) < 4.78 is 26.8. The van der Waals surface area contributed by atoms with E-state index in [1.54, 1.807) is 16.8 Å². The van der Waals surface area contributed by atoms with Gasteiger partial charge in [-0.15, -0.1) is 0 Å². The Labute approximate surface area is 134 Å². The summed E-state index contributed by atoms with van der Waals surface area (Å²) in [6.07, 6.45) is -0.444. The van der Waals surface area contributed by atoms with Crippen molar-refractivity contribution >= 4 is 5.91 Å². The highest BCUT2D eigenvalue weighted by Crippen LogP contribution is 2.19. The minimum absolute atomic E-state index is 0.0164. The highest BCUT2D eigenvalue weighted by Gasteiger charge is 2.23. The number of amides is 1. The topological polar surface area (TPSA) is 64.0 Å². The predicted octanol–water partition coefficient (Wildman–Crippen LogP) is 0.913. The zero-order chi connectivity index (χ0) is 17.0. The van der Waals surface area contributed by atoms with Crippen LogP contribution in [0, 0.1) is 11.6 Å². The molecule has 5 nitrogen and oxygen atoms in total. The molecule has 0 bridgehead atoms. The van der Waals surface area contributed by atoms with Crippen LogP contribution in [-0.2, 0) is 4.79 Å². The molecule has 1 aliphatic rings. The Hall–Kier alpha value is -1.57. The molecule has 1 aromatic rings. The lowest BCUT2D eigenvalue weighted by molar-refractivity contribution is -0.134. The molecular weight excluding hydrogens is 306 g/mol. The Bertz CT molecular complexity index is 548. The van der Waals surface area contributed by atoms with Crippen LogP contribution in [-0.4, -0.2) is 65.3 Å². The summed E-state index contributed by atoms with van der Waals surface area (Å²) in [5.74, 6) is -1.40. The first kappa shape index (κ1) is 17.8. The summed E-state index contributed by atoms with van der Waals surface area (Å²) >= 11 is 0. The quantitative estimate of drug-likeness (QED) is 0.843. The number of hydrogen-bond acceptors (Lipinski definition) is 4. The zero-order valence-corrected chi connectivity index (χ0v) is 13.1. The Morgan fingerprint density at radius 3 is 2.70 bits per heavy atom. The van der Waals surface area contributed by atoms with E-state index in [0.717, 1.165) is 18.2 Å². The molecule has 0 aliphatic carbocycles. The van der Waals surface area contributed by atoms with E-state index in [-0.39, 0.29) is 30.7 Å². The normalized spacial score (nSPS) is 17.6. The van der Waals surface area contributed by atoms with Crippen LogP contribution in [0.2, 0.25) is 0 Å². The molecule has 2 rings (SSSR count). The van der Waals surface area contributed by atoms with Crippen molar-refractivity contribution in [3.63, 3.8) is 0 Å². The van der Waals surface area contributed by atoms with E-state index in [0.29, 0.717) is 25.9 Å². The van der Waals surface area contributed by atoms with E-state index in [2.05, 4.69) is 0 Å². The fraction of sp³-hybridized carbons (Fsp3) is 0.562. The van der Waals surface area contributed by atoms with Crippen molar-refractivity contribution < 1.29 is 23.8 Å². The molecule has 1 amide bonds. The molecule has 0 saturated carbocycles. The predicted molar refractivity (Wildman–Crippen MR) is 80.6 cm³/mol. The van der Waals surface area contributed by atoms with Crippen LogP contribution in [0.3, 0.4) is 0 Å². The Morgan fingerprint density at radius 2 is 2.04 bits per heavy atom. The summed E-state index contributed by atoms with van der Waals surface area (Å²) in [4.78, 5) is 15.4. The lowest BCUT2D eigenvalue weighted by atomic mass is 10.1. The van der Waals surface area contributed by atoms with Crippen molar-refractivity contribution in [1.29, 1.82) is 0 Å². The Balaban J connectivity index is 1.87. The Morgan fingerprint density at radius 1 is 1.39 bits per heavy atom. The number of nitrogens with zero attached hydrogens (tertiary/aromatic N) is 2. The first-order valence-corrected chi connectivity index (χ1v) is 7.64. The number of likely N-dealkylation sites (N-methyl/N-ethyl adjacent to an activating group) is 1. The van der Waals surface area contributed by atoms with Crippen LogP contribution in [0.4, 0.5) is 8.78 Å². The largest absolute Gasteiger partial charge is 0.393 e. The van der Waals surface area contributed by atoms with Gasteiger partial charge in [0.25, 0.3) is 0 Å². The highest BCUT2D eigenvalue weighted by molar-refractivity contribution is 5.78. The number of hydrogen-bond donors (Lipinski definition) is 2. The molecule has 7 heteroatoms. The van der Waals surface area contributed by atoms with Crippen molar-refractivity contribution in [2.24, 2.45) is 0 Å². The van der Waals surface area contributed by atoms with Gasteiger partial charge in [-0.3, -0.25) is 9.69 Å². The molecule has 0 spiro atoms. The number of carbonyl (C=O) groups excluding carboxylic acids is 1. The van der Waals surface area contributed by atoms with Gasteiger partial charge in [0, 0.05) is 25.2 Å². The molecule has 1 unspecified atom stereocenters. The molecule has 23 heavy (non-hydrogen) atoms. The van der Waals surface area contributed by atoms with Gasteiger partial charge in [-0.25, -0.2) is 8.78 Å². The van der Waals surface area contributed by atoms with Crippen LogP contribution in [0.5, 0.6) is 0 Å². The summed E-state index contributed by atoms with van der Waals surface area (Å²) in [6.45, 7) is 1.11. The standard InChI is InChI=1S/C16H22F2N2O3/c1-19(10-16(23)20-6-4-12(21)5-7-20)9-15(22)13-8-11(17)2-3-14(13)18/h2-3,8,12,15,21-22H,4-7,9-10H2,1H3. The highest BCUT2D eigenvalue weighted by atomic mass is 19.1. The van der Waals surface area contributed by atoms with E-state index >= 15 is 0 Å². The number of benzene rings is 1. The van der Waals surface area contributed by atoms with Gasteiger partial charge in [0.1, 0.15) is 11.6 Å². The van der Waals surface area contributed by atoms with Gasteiger partial charge >= 0.3 is 0 Å². The zero-order valence-electron chi connectivity index (χ0n) is 13.1. The van der Waals surface area contributed by atoms with Gasteiger partial charge < -0.3 is 15.1 Å². The van der Waals surface area contributed by atoms with Gasteiger partial charge in [-0.05, 0) is 38.1 Å². The maximum absolute atomic E-state index is 13.6. The average molecular weight is 328 g/mol. The third kappa shape index (κ3) is 4.95. The number of halogens is 2. The second kappa shape index (κ2) is 7.81. The van der Waals surface area contributed by atoms with Crippen molar-refractivity contribution in [3.05, 3.63) is 35.4 Å². The lowest BCUT2D eigenvalue weighted by Crippen LogP contribution is -2.45. The van der Waals surface area contributed by atoms with Crippen LogP contribution >= 0.6 is 0 Å². The van der Waals surface area contributed by atoms with Crippen LogP contribution in [0.1, 0.15) is 24.5 Å². The number of likely N-dealkylation sites (tertiary alicyclic amines) is 1. The number of piperidine rings is 1. The number of rotatable bonds is 5. The van der Waals surface area contributed by atoms with Crippen molar-refractivity contribution in [2.45, 2.75) is 25.0 Å². The number of aliphatic hydroxyl groups is 2. The number of carbonyl (C=O) groups is 1. The van der Waals surface area contributed by atoms with Crippen LogP contribution in [0.25, 0.3) is 0 Å². The molecule has 2 N–H and O–H groups in total. The number of aliphatic hydroxyl groups excluding tert-OH is 2. The molecule has 1 aliphatic heterocycles. The SMILES string of the molecule is CN(CC(=O)N1CCC(O)CC1)CC(O)c1cc(F)ccc1F. The average Bonchev–Trinajstić information content (AvgIpc) is 2.50. The maximum atomic E-state index is 13.6. The van der Waals surface area contributed by atoms with Gasteiger partial charge in [0.05, 0.1) is 18.8 Å². The third-order valence-corrected chi connectivity index (χ3v) is 4.02. The van der Waals surface area contributed by atoms with Gasteiger partial charge in [-0.1, -0.05) is 0 Å². The second-order valence-corrected chi connectivity index (χ2v) is 5.99. The summed E-state index contributed by atoms with van der Waals surface area (Å²) in [6, 6.07) is 2.92. The molecule has 1 fully saturated rings. The molecule has 1 saturated heterocycles. The second-order valence-electron chi connectivity index (χ2n) is 5.99. The van der Waals surface area contributed by atoms with E-state index < -0.39 is 17.7 Å². The van der Waals surface area contributed by atoms with E-state index in [1.165, 1.54) is 0 Å². The summed E-state index contributed by atoms with van der Waals surface area (Å²) in [5.41, 5.74) is -0.120. The van der Waals surface area contributed by atoms with Crippen molar-refractivity contribution in [3.8, 4) is 0 Å². The first-order chi connectivity index (χ1) is 10.9. The molecule has 1 aromatic carbocycles. The fourth-order valence-electron chi connectivity index (χ4n) is 2.67. The van der Waals surface area contributed by atoms with Crippen molar-refractivity contribution in [2.75, 3.05) is 33.2 Å². The molecular formula is C16H22F2N2O3. The van der Waals surface area contributed by atoms with Gasteiger partial charge in [0.15, 0.2) is 0 Å². The third-order valence-electron chi connectivity index (χ3n) is 4.02. The smallest absolute Gasteiger partial charge is 0.236 e. The Kier molecular flexibility index (Phi) is 6.04. The monoisotopic (exact) mass is 328 g/mol. The molecule has 1 heterocycles. The lowest BCUT2D eigenvalue weighted by Gasteiger charge is -2.31. The molecule has 128 valence electrons. The molecule has 1 atom stereocenters. The van der Waals surface area contributed by atoms with Crippen LogP contribution < -0.4 is 0 Å². The summed E-state index contributed by atoms with van der Waals surface area (Å²) in [5, 5.41) is 19.5. The van der Waals surface area contributed by atoms with E-state index in [1.807, 2.05) is 0 Å². The molecule has 0 aromatic heterocycles.